The number of piperidine rings is 1. The third-order valence-electron chi connectivity index (χ3n) is 3.62. The minimum Gasteiger partial charge on any atom is -0.467 e. The second-order valence-corrected chi connectivity index (χ2v) is 8.06. The van der Waals surface area contributed by atoms with Crippen LogP contribution in [0.4, 0.5) is 4.79 Å². The number of aliphatic hydroxyl groups is 1. The first-order valence-corrected chi connectivity index (χ1v) is 9.09. The van der Waals surface area contributed by atoms with E-state index < -0.39 is 35.8 Å². The van der Waals surface area contributed by atoms with Crippen LogP contribution in [0.5, 0.6) is 0 Å². The highest BCUT2D eigenvalue weighted by atomic mass is 32.2. The number of hydrogen-bond acceptors (Lipinski definition) is 8. The third kappa shape index (κ3) is 6.74. The molecule has 0 radical (unpaired) electrons. The van der Waals surface area contributed by atoms with Crippen molar-refractivity contribution in [3.05, 3.63) is 0 Å². The van der Waals surface area contributed by atoms with Gasteiger partial charge in [-0.05, 0) is 33.6 Å². The fourth-order valence-corrected chi connectivity index (χ4v) is 3.60. The number of carbonyl (C=O) groups is 3. The Morgan fingerprint density at radius 3 is 2.40 bits per heavy atom. The Kier molecular flexibility index (Phi) is 8.01. The van der Waals surface area contributed by atoms with Gasteiger partial charge in [0.1, 0.15) is 11.6 Å². The maximum Gasteiger partial charge on any atom is 0.411 e. The largest absolute Gasteiger partial charge is 0.467 e. The zero-order chi connectivity index (χ0) is 19.2. The molecule has 1 N–H and O–H groups in total. The maximum atomic E-state index is 12.3. The van der Waals surface area contributed by atoms with Gasteiger partial charge in [0, 0.05) is 17.5 Å². The molecule has 1 rings (SSSR count). The minimum absolute atomic E-state index is 0.00194. The molecule has 3 atom stereocenters. The fourth-order valence-electron chi connectivity index (χ4n) is 2.41. The molecule has 9 heteroatoms. The van der Waals surface area contributed by atoms with Gasteiger partial charge in [-0.2, -0.15) is 11.8 Å². The molecule has 1 fully saturated rings. The van der Waals surface area contributed by atoms with Gasteiger partial charge < -0.3 is 19.3 Å². The summed E-state index contributed by atoms with van der Waals surface area (Å²) in [6.45, 7) is 5.61. The molecule has 0 saturated carbocycles. The van der Waals surface area contributed by atoms with E-state index in [0.29, 0.717) is 19.4 Å². The average Bonchev–Trinajstić information content (AvgIpc) is 2.56. The van der Waals surface area contributed by atoms with Crippen molar-refractivity contribution >= 4 is 29.8 Å². The number of likely N-dealkylation sites (tertiary alicyclic amines) is 1. The van der Waals surface area contributed by atoms with Crippen molar-refractivity contribution in [2.24, 2.45) is 0 Å². The number of carbonyl (C=O) groups excluding carboxylic acids is 3. The normalized spacial score (nSPS) is 22.1. The topological polar surface area (TPSA) is 102 Å². The molecule has 0 unspecified atom stereocenters. The third-order valence-corrected chi connectivity index (χ3v) is 5.03. The lowest BCUT2D eigenvalue weighted by atomic mass is 10.0. The number of aliphatic hydroxyl groups excluding tert-OH is 1. The van der Waals surface area contributed by atoms with Gasteiger partial charge in [0.25, 0.3) is 0 Å². The van der Waals surface area contributed by atoms with Crippen LogP contribution < -0.4 is 0 Å². The quantitative estimate of drug-likeness (QED) is 0.563. The van der Waals surface area contributed by atoms with Crippen LogP contribution in [0, 0.1) is 0 Å². The lowest BCUT2D eigenvalue weighted by Gasteiger charge is -2.38. The molecule has 8 nitrogen and oxygen atoms in total. The molecule has 1 heterocycles. The predicted octanol–water partition coefficient (Wildman–Crippen LogP) is 1.19. The number of amides is 1. The summed E-state index contributed by atoms with van der Waals surface area (Å²) in [6.07, 6.45) is -0.785. The van der Waals surface area contributed by atoms with E-state index in [1.807, 2.05) is 0 Å². The van der Waals surface area contributed by atoms with E-state index in [9.17, 15) is 19.5 Å². The molecule has 1 saturated heterocycles. The molecule has 25 heavy (non-hydrogen) atoms. The van der Waals surface area contributed by atoms with Crippen LogP contribution in [0.15, 0.2) is 0 Å². The number of methoxy groups -OCH3 is 2. The van der Waals surface area contributed by atoms with Gasteiger partial charge >= 0.3 is 18.0 Å². The van der Waals surface area contributed by atoms with Crippen molar-refractivity contribution < 1.29 is 33.7 Å². The number of esters is 2. The van der Waals surface area contributed by atoms with Crippen molar-refractivity contribution in [1.29, 1.82) is 0 Å². The molecule has 1 amide bonds. The van der Waals surface area contributed by atoms with Crippen LogP contribution in [0.2, 0.25) is 0 Å². The van der Waals surface area contributed by atoms with Crippen LogP contribution in [-0.4, -0.2) is 77.6 Å². The van der Waals surface area contributed by atoms with Gasteiger partial charge in [-0.15, -0.1) is 0 Å². The number of ether oxygens (including phenoxy) is 3. The Hall–Kier alpha value is -1.48. The SMILES string of the molecule is COC(=O)[C@H](O)CS[C@H]1CCN(C(=O)OC(C)(C)C)[C@H](C(=O)OC)C1. The molecule has 1 aliphatic rings. The number of thioether (sulfide) groups is 1. The van der Waals surface area contributed by atoms with Crippen LogP contribution in [0.3, 0.4) is 0 Å². The summed E-state index contributed by atoms with van der Waals surface area (Å²) < 4.78 is 14.6. The van der Waals surface area contributed by atoms with Gasteiger partial charge in [0.15, 0.2) is 6.10 Å². The summed E-state index contributed by atoms with van der Waals surface area (Å²) in [5.41, 5.74) is -0.659. The molecule has 0 aromatic carbocycles. The van der Waals surface area contributed by atoms with Crippen molar-refractivity contribution in [3.8, 4) is 0 Å². The highest BCUT2D eigenvalue weighted by Crippen LogP contribution is 2.29. The van der Waals surface area contributed by atoms with E-state index >= 15 is 0 Å². The molecular formula is C16H27NO7S. The summed E-state index contributed by atoms with van der Waals surface area (Å²) in [6, 6.07) is -0.749. The fraction of sp³-hybridized carbons (Fsp3) is 0.812. The highest BCUT2D eigenvalue weighted by Gasteiger charge is 2.39. The van der Waals surface area contributed by atoms with Crippen LogP contribution in [-0.2, 0) is 23.8 Å². The zero-order valence-electron chi connectivity index (χ0n) is 15.3. The van der Waals surface area contributed by atoms with E-state index in [4.69, 9.17) is 9.47 Å². The lowest BCUT2D eigenvalue weighted by Crippen LogP contribution is -2.52. The van der Waals surface area contributed by atoms with Gasteiger partial charge in [0.2, 0.25) is 0 Å². The predicted molar refractivity (Wildman–Crippen MR) is 92.2 cm³/mol. The second-order valence-electron chi connectivity index (χ2n) is 6.73. The minimum atomic E-state index is -1.21. The van der Waals surface area contributed by atoms with E-state index in [0.717, 1.165) is 0 Å². The van der Waals surface area contributed by atoms with E-state index in [-0.39, 0.29) is 11.0 Å². The molecule has 0 spiro atoms. The number of nitrogens with zero attached hydrogens (tertiary/aromatic N) is 1. The molecule has 0 aromatic rings. The molecular weight excluding hydrogens is 350 g/mol. The summed E-state index contributed by atoms with van der Waals surface area (Å²) in [5.74, 6) is -1.04. The average molecular weight is 377 g/mol. The first-order chi connectivity index (χ1) is 11.6. The number of hydrogen-bond donors (Lipinski definition) is 1. The van der Waals surface area contributed by atoms with E-state index in [1.165, 1.54) is 30.9 Å². The van der Waals surface area contributed by atoms with Crippen molar-refractivity contribution in [3.63, 3.8) is 0 Å². The van der Waals surface area contributed by atoms with Gasteiger partial charge in [0.05, 0.1) is 14.2 Å². The van der Waals surface area contributed by atoms with Crippen LogP contribution in [0.25, 0.3) is 0 Å². The summed E-state index contributed by atoms with van der Waals surface area (Å²) in [4.78, 5) is 37.0. The van der Waals surface area contributed by atoms with Crippen molar-refractivity contribution in [2.45, 2.75) is 56.6 Å². The monoisotopic (exact) mass is 377 g/mol. The summed E-state index contributed by atoms with van der Waals surface area (Å²) in [5, 5.41) is 9.67. The Labute approximate surface area is 152 Å². The van der Waals surface area contributed by atoms with Crippen LogP contribution >= 0.6 is 11.8 Å². The smallest absolute Gasteiger partial charge is 0.411 e. The van der Waals surface area contributed by atoms with Gasteiger partial charge in [-0.3, -0.25) is 4.90 Å². The van der Waals surface area contributed by atoms with Crippen LogP contribution in [0.1, 0.15) is 33.6 Å². The Balaban J connectivity index is 2.71. The summed E-state index contributed by atoms with van der Waals surface area (Å²) >= 11 is 1.37. The Morgan fingerprint density at radius 2 is 1.88 bits per heavy atom. The second kappa shape index (κ2) is 9.28. The Bertz CT molecular complexity index is 491. The molecule has 144 valence electrons. The number of rotatable bonds is 5. The molecule has 0 aliphatic carbocycles. The van der Waals surface area contributed by atoms with E-state index in [2.05, 4.69) is 4.74 Å². The molecule has 0 bridgehead atoms. The Morgan fingerprint density at radius 1 is 1.24 bits per heavy atom. The molecule has 1 aliphatic heterocycles. The van der Waals surface area contributed by atoms with Gasteiger partial charge in [-0.25, -0.2) is 14.4 Å². The van der Waals surface area contributed by atoms with Gasteiger partial charge in [-0.1, -0.05) is 0 Å². The zero-order valence-corrected chi connectivity index (χ0v) is 16.1. The maximum absolute atomic E-state index is 12.3. The van der Waals surface area contributed by atoms with Crippen molar-refractivity contribution in [1.82, 2.24) is 4.90 Å². The summed E-state index contributed by atoms with van der Waals surface area (Å²) in [7, 11) is 2.48. The first kappa shape index (κ1) is 21.6. The molecule has 0 aromatic heterocycles. The van der Waals surface area contributed by atoms with E-state index in [1.54, 1.807) is 20.8 Å². The standard InChI is InChI=1S/C16H27NO7S/c1-16(2,3)24-15(21)17-7-6-10(8-11(17)13(19)22-4)25-9-12(18)14(20)23-5/h10-12,18H,6-9H2,1-5H3/t10-,11-,12+/m0/s1. The first-order valence-electron chi connectivity index (χ1n) is 8.04. The lowest BCUT2D eigenvalue weighted by molar-refractivity contribution is -0.149. The highest BCUT2D eigenvalue weighted by molar-refractivity contribution is 7.99. The van der Waals surface area contributed by atoms with Crippen molar-refractivity contribution in [2.75, 3.05) is 26.5 Å².